The van der Waals surface area contributed by atoms with E-state index in [0.29, 0.717) is 16.9 Å². The van der Waals surface area contributed by atoms with E-state index in [4.69, 9.17) is 4.98 Å². The molecule has 0 aliphatic rings. The molecule has 7 nitrogen and oxygen atoms in total. The van der Waals surface area contributed by atoms with Gasteiger partial charge in [-0.3, -0.25) is 0 Å². The zero-order chi connectivity index (χ0) is 24.4. The van der Waals surface area contributed by atoms with Crippen LogP contribution in [0.4, 0.5) is 5.82 Å². The first-order chi connectivity index (χ1) is 17.0. The van der Waals surface area contributed by atoms with E-state index in [0.717, 1.165) is 41.3 Å². The van der Waals surface area contributed by atoms with Gasteiger partial charge in [-0.1, -0.05) is 59.6 Å². The van der Waals surface area contributed by atoms with Crippen molar-refractivity contribution in [3.05, 3.63) is 88.3 Å². The van der Waals surface area contributed by atoms with Crippen molar-refractivity contribution in [2.45, 2.75) is 37.6 Å². The second-order valence-corrected chi connectivity index (χ2v) is 10.8. The molecule has 9 heteroatoms. The van der Waals surface area contributed by atoms with Crippen LogP contribution in [0.1, 0.15) is 26.2 Å². The number of hydrogen-bond donors (Lipinski definition) is 0. The average molecular weight is 550 g/mol. The van der Waals surface area contributed by atoms with E-state index in [9.17, 15) is 8.42 Å². The third kappa shape index (κ3) is 4.78. The summed E-state index contributed by atoms with van der Waals surface area (Å²) < 4.78 is 35.4. The number of nitrogens with zero attached hydrogens (tertiary/aromatic N) is 5. The molecule has 0 saturated heterocycles. The molecule has 0 spiro atoms. The minimum atomic E-state index is -4.01. The first-order valence-corrected chi connectivity index (χ1v) is 13.7. The fraction of sp³-hybridized carbons (Fsp3) is 0.192. The summed E-state index contributed by atoms with van der Waals surface area (Å²) in [5.41, 5.74) is 3.19. The SMILES string of the molecule is CCCCC[n+]1cn(-c2nc3ccccc3nc2[N-]S(=O)(=O)c2ccc(Br)cc2)c2ccccc21. The lowest BCUT2D eigenvalue weighted by Gasteiger charge is -2.18. The molecule has 0 amide bonds. The Kier molecular flexibility index (Phi) is 6.53. The van der Waals surface area contributed by atoms with E-state index in [2.05, 4.69) is 43.2 Å². The van der Waals surface area contributed by atoms with Gasteiger partial charge in [0.05, 0.1) is 17.0 Å². The van der Waals surface area contributed by atoms with Gasteiger partial charge in [0.1, 0.15) is 0 Å². The largest absolute Gasteiger partial charge is 0.429 e. The first kappa shape index (κ1) is 23.4. The Morgan fingerprint density at radius 2 is 1.60 bits per heavy atom. The fourth-order valence-corrected chi connectivity index (χ4v) is 5.23. The number of para-hydroxylation sites is 4. The summed E-state index contributed by atoms with van der Waals surface area (Å²) in [6.07, 6.45) is 5.28. The summed E-state index contributed by atoms with van der Waals surface area (Å²) in [6, 6.07) is 21.8. The molecule has 35 heavy (non-hydrogen) atoms. The number of unbranched alkanes of at least 4 members (excludes halogenated alkanes) is 2. The fourth-order valence-electron chi connectivity index (χ4n) is 4.03. The molecule has 0 radical (unpaired) electrons. The van der Waals surface area contributed by atoms with Crippen LogP contribution in [0.3, 0.4) is 0 Å². The molecule has 2 aromatic heterocycles. The number of halogens is 1. The summed E-state index contributed by atoms with van der Waals surface area (Å²) >= 11 is 3.34. The monoisotopic (exact) mass is 549 g/mol. The highest BCUT2D eigenvalue weighted by molar-refractivity contribution is 9.10. The number of aryl methyl sites for hydroxylation is 1. The molecule has 0 aliphatic carbocycles. The summed E-state index contributed by atoms with van der Waals surface area (Å²) in [6.45, 7) is 3.03. The number of sulfonamides is 1. The van der Waals surface area contributed by atoms with Gasteiger partial charge in [0.2, 0.25) is 15.8 Å². The van der Waals surface area contributed by atoms with Crippen LogP contribution in [0.2, 0.25) is 0 Å². The molecule has 0 aliphatic heterocycles. The summed E-state index contributed by atoms with van der Waals surface area (Å²) in [4.78, 5) is 9.53. The van der Waals surface area contributed by atoms with E-state index in [1.54, 1.807) is 18.2 Å². The smallest absolute Gasteiger partial charge is 0.251 e. The topological polar surface area (TPSA) is 82.8 Å². The van der Waals surface area contributed by atoms with Crippen LogP contribution in [0.5, 0.6) is 0 Å². The zero-order valence-electron chi connectivity index (χ0n) is 19.2. The molecule has 0 N–H and O–H groups in total. The Balaban J connectivity index is 1.67. The standard InChI is InChI=1S/C26H24BrN5O2S/c1-2-3-8-17-31-18-32(24-12-7-6-11-23(24)31)26-25(28-21-9-4-5-10-22(21)29-26)30-35(33,34)20-15-13-19(27)14-16-20/h4-7,9-16,18H,2-3,8,17H2,1H3. The van der Waals surface area contributed by atoms with Gasteiger partial charge in [-0.05, 0) is 60.8 Å². The molecule has 0 unspecified atom stereocenters. The quantitative estimate of drug-likeness (QED) is 0.170. The average Bonchev–Trinajstić information content (AvgIpc) is 3.22. The predicted octanol–water partition coefficient (Wildman–Crippen LogP) is 6.21. The van der Waals surface area contributed by atoms with Crippen molar-refractivity contribution in [3.63, 3.8) is 0 Å². The normalized spacial score (nSPS) is 11.8. The van der Waals surface area contributed by atoms with Gasteiger partial charge >= 0.3 is 0 Å². The maximum atomic E-state index is 13.2. The maximum Gasteiger partial charge on any atom is 0.251 e. The van der Waals surface area contributed by atoms with Crippen molar-refractivity contribution in [1.82, 2.24) is 14.5 Å². The summed E-state index contributed by atoms with van der Waals surface area (Å²) in [7, 11) is -4.01. The summed E-state index contributed by atoms with van der Waals surface area (Å²) in [5, 5.41) is 0. The third-order valence-corrected chi connectivity index (χ3v) is 7.60. The molecule has 5 aromatic rings. The lowest BCUT2D eigenvalue weighted by Crippen LogP contribution is -2.32. The van der Waals surface area contributed by atoms with E-state index in [1.807, 2.05) is 47.3 Å². The molecule has 2 heterocycles. The zero-order valence-corrected chi connectivity index (χ0v) is 21.6. The van der Waals surface area contributed by atoms with Crippen LogP contribution in [-0.2, 0) is 16.6 Å². The second-order valence-electron chi connectivity index (χ2n) is 8.25. The van der Waals surface area contributed by atoms with Crippen molar-refractivity contribution < 1.29 is 13.0 Å². The Bertz CT molecular complexity index is 1610. The maximum absolute atomic E-state index is 13.2. The number of rotatable bonds is 8. The lowest BCUT2D eigenvalue weighted by atomic mass is 10.2. The molecular formula is C26H24BrN5O2S. The van der Waals surface area contributed by atoms with Gasteiger partial charge in [0.15, 0.2) is 11.0 Å². The Labute approximate surface area is 212 Å². The minimum Gasteiger partial charge on any atom is -0.429 e. The van der Waals surface area contributed by atoms with Gasteiger partial charge in [-0.25, -0.2) is 18.0 Å². The molecule has 0 fully saturated rings. The number of fused-ring (bicyclic) bond motifs is 2. The molecule has 0 atom stereocenters. The Hall–Kier alpha value is -3.30. The highest BCUT2D eigenvalue weighted by Gasteiger charge is 2.21. The Morgan fingerprint density at radius 3 is 2.34 bits per heavy atom. The van der Waals surface area contributed by atoms with Crippen molar-refractivity contribution in [2.24, 2.45) is 0 Å². The molecule has 178 valence electrons. The van der Waals surface area contributed by atoms with Gasteiger partial charge < -0.3 is 9.71 Å². The highest BCUT2D eigenvalue weighted by atomic mass is 79.9. The van der Waals surface area contributed by atoms with Crippen LogP contribution in [0.15, 0.2) is 88.5 Å². The molecule has 5 rings (SSSR count). The van der Waals surface area contributed by atoms with Crippen LogP contribution in [-0.4, -0.2) is 23.0 Å². The van der Waals surface area contributed by atoms with Crippen LogP contribution >= 0.6 is 15.9 Å². The molecule has 3 aromatic carbocycles. The van der Waals surface area contributed by atoms with Gasteiger partial charge in [-0.2, -0.15) is 4.57 Å². The minimum absolute atomic E-state index is 0.0491. The highest BCUT2D eigenvalue weighted by Crippen LogP contribution is 2.33. The van der Waals surface area contributed by atoms with Crippen molar-refractivity contribution in [2.75, 3.05) is 0 Å². The number of imidazole rings is 1. The number of aromatic nitrogens is 4. The summed E-state index contributed by atoms with van der Waals surface area (Å²) in [5.74, 6) is 0.419. The third-order valence-electron chi connectivity index (χ3n) is 5.79. The molecular weight excluding hydrogens is 526 g/mol. The van der Waals surface area contributed by atoms with E-state index < -0.39 is 10.0 Å². The van der Waals surface area contributed by atoms with Crippen LogP contribution in [0.25, 0.3) is 32.6 Å². The van der Waals surface area contributed by atoms with Crippen LogP contribution < -0.4 is 4.57 Å². The number of benzene rings is 3. The van der Waals surface area contributed by atoms with Crippen LogP contribution in [0, 0.1) is 0 Å². The van der Waals surface area contributed by atoms with Gasteiger partial charge in [-0.15, -0.1) is 0 Å². The first-order valence-electron chi connectivity index (χ1n) is 11.5. The number of hydrogen-bond acceptors (Lipinski definition) is 4. The van der Waals surface area contributed by atoms with Gasteiger partial charge in [0, 0.05) is 10.3 Å². The lowest BCUT2D eigenvalue weighted by molar-refractivity contribution is -0.672. The van der Waals surface area contributed by atoms with Crippen molar-refractivity contribution in [3.8, 4) is 5.82 Å². The van der Waals surface area contributed by atoms with E-state index in [1.165, 1.54) is 12.1 Å². The predicted molar refractivity (Wildman–Crippen MR) is 140 cm³/mol. The van der Waals surface area contributed by atoms with Gasteiger partial charge in [0.25, 0.3) is 6.33 Å². The van der Waals surface area contributed by atoms with Crippen molar-refractivity contribution >= 4 is 53.8 Å². The Morgan fingerprint density at radius 1 is 0.914 bits per heavy atom. The van der Waals surface area contributed by atoms with Crippen molar-refractivity contribution in [1.29, 1.82) is 0 Å². The second kappa shape index (κ2) is 9.75. The molecule has 0 bridgehead atoms. The van der Waals surface area contributed by atoms with E-state index >= 15 is 0 Å². The van der Waals surface area contributed by atoms with E-state index in [-0.39, 0.29) is 10.7 Å². The molecule has 0 saturated carbocycles.